The van der Waals surface area contributed by atoms with E-state index in [-0.39, 0.29) is 12.4 Å². The molecule has 0 aromatic heterocycles. The topological polar surface area (TPSA) is 29.5 Å². The third kappa shape index (κ3) is 4.70. The second-order valence-corrected chi connectivity index (χ2v) is 6.49. The van der Waals surface area contributed by atoms with E-state index in [4.69, 9.17) is 9.84 Å². The van der Waals surface area contributed by atoms with Crippen molar-refractivity contribution in [3.05, 3.63) is 65.0 Å². The van der Waals surface area contributed by atoms with E-state index in [0.29, 0.717) is 6.61 Å². The zero-order chi connectivity index (χ0) is 17.5. The Morgan fingerprint density at radius 3 is 2.72 bits per heavy atom. The van der Waals surface area contributed by atoms with E-state index in [9.17, 15) is 4.39 Å². The molecule has 0 unspecified atom stereocenters. The van der Waals surface area contributed by atoms with E-state index >= 15 is 0 Å². The van der Waals surface area contributed by atoms with Crippen molar-refractivity contribution in [1.29, 1.82) is 0 Å². The molecule has 0 heterocycles. The van der Waals surface area contributed by atoms with Crippen LogP contribution >= 0.6 is 0 Å². The van der Waals surface area contributed by atoms with Crippen LogP contribution in [-0.2, 0) is 6.42 Å². The van der Waals surface area contributed by atoms with Crippen LogP contribution in [0.15, 0.2) is 42.5 Å². The molecule has 0 radical (unpaired) electrons. The summed E-state index contributed by atoms with van der Waals surface area (Å²) in [5.74, 6) is 0.765. The minimum Gasteiger partial charge on any atom is -0.493 e. The first kappa shape index (κ1) is 17.7. The average Bonchev–Trinajstić information content (AvgIpc) is 2.84. The Balaban J connectivity index is 1.78. The predicted molar refractivity (Wildman–Crippen MR) is 100 cm³/mol. The maximum Gasteiger partial charge on any atom is 0.123 e. The lowest BCUT2D eigenvalue weighted by Crippen LogP contribution is -2.02. The molecule has 0 saturated carbocycles. The van der Waals surface area contributed by atoms with Gasteiger partial charge in [0.05, 0.1) is 6.61 Å². The number of rotatable bonds is 7. The number of ether oxygens (including phenoxy) is 1. The highest BCUT2D eigenvalue weighted by Crippen LogP contribution is 2.34. The number of fused-ring (bicyclic) bond motifs is 1. The number of hydrogen-bond donors (Lipinski definition) is 1. The van der Waals surface area contributed by atoms with Crippen molar-refractivity contribution >= 4 is 11.6 Å². The van der Waals surface area contributed by atoms with Gasteiger partial charge in [0.15, 0.2) is 0 Å². The summed E-state index contributed by atoms with van der Waals surface area (Å²) < 4.78 is 19.5. The van der Waals surface area contributed by atoms with Gasteiger partial charge in [-0.2, -0.15) is 0 Å². The van der Waals surface area contributed by atoms with Crippen molar-refractivity contribution in [2.75, 3.05) is 13.2 Å². The molecule has 1 aliphatic carbocycles. The highest BCUT2D eigenvalue weighted by molar-refractivity contribution is 5.83. The van der Waals surface area contributed by atoms with Crippen molar-refractivity contribution in [1.82, 2.24) is 0 Å². The fourth-order valence-corrected chi connectivity index (χ4v) is 3.32. The third-order valence-corrected chi connectivity index (χ3v) is 4.63. The number of hydrogen-bond acceptors (Lipinski definition) is 2. The number of aliphatic hydroxyl groups excluding tert-OH is 1. The monoisotopic (exact) mass is 340 g/mol. The molecule has 0 bridgehead atoms. The molecule has 2 nitrogen and oxygen atoms in total. The van der Waals surface area contributed by atoms with Crippen molar-refractivity contribution in [2.24, 2.45) is 0 Å². The van der Waals surface area contributed by atoms with Crippen molar-refractivity contribution in [2.45, 2.75) is 38.5 Å². The molecule has 2 aromatic carbocycles. The zero-order valence-corrected chi connectivity index (χ0v) is 14.5. The first-order valence-corrected chi connectivity index (χ1v) is 9.10. The summed E-state index contributed by atoms with van der Waals surface area (Å²) in [6.45, 7) is 0.922. The van der Waals surface area contributed by atoms with Crippen LogP contribution in [0, 0.1) is 5.82 Å². The highest BCUT2D eigenvalue weighted by atomic mass is 19.1. The molecule has 0 aliphatic heterocycles. The molecule has 3 rings (SSSR count). The average molecular weight is 340 g/mol. The third-order valence-electron chi connectivity index (χ3n) is 4.63. The van der Waals surface area contributed by atoms with E-state index in [1.807, 2.05) is 18.2 Å². The van der Waals surface area contributed by atoms with Crippen LogP contribution < -0.4 is 4.74 Å². The maximum atomic E-state index is 13.5. The summed E-state index contributed by atoms with van der Waals surface area (Å²) in [5.41, 5.74) is 4.56. The number of unbranched alkanes of at least 4 members (excludes halogenated alkanes) is 2. The van der Waals surface area contributed by atoms with Crippen molar-refractivity contribution < 1.29 is 14.2 Å². The van der Waals surface area contributed by atoms with Gasteiger partial charge < -0.3 is 9.84 Å². The molecule has 25 heavy (non-hydrogen) atoms. The lowest BCUT2D eigenvalue weighted by atomic mass is 10.0. The van der Waals surface area contributed by atoms with Gasteiger partial charge in [0.25, 0.3) is 0 Å². The molecule has 1 N–H and O–H groups in total. The summed E-state index contributed by atoms with van der Waals surface area (Å²) in [6, 6.07) is 13.0. The van der Waals surface area contributed by atoms with Crippen LogP contribution in [0.5, 0.6) is 5.75 Å². The Morgan fingerprint density at radius 2 is 1.88 bits per heavy atom. The summed E-state index contributed by atoms with van der Waals surface area (Å²) in [7, 11) is 0. The Bertz CT molecular complexity index is 737. The van der Waals surface area contributed by atoms with E-state index in [2.05, 4.69) is 12.1 Å². The zero-order valence-electron chi connectivity index (χ0n) is 14.5. The van der Waals surface area contributed by atoms with Crippen molar-refractivity contribution in [3.8, 4) is 5.75 Å². The minimum atomic E-state index is -0.192. The van der Waals surface area contributed by atoms with Crippen LogP contribution in [0.3, 0.4) is 0 Å². The lowest BCUT2D eigenvalue weighted by molar-refractivity contribution is 0.265. The standard InChI is InChI=1S/C22H25FO2/c23-20-10-4-7-18(16-20)17-8-5-11-21-19(15-17)9-6-12-22(21)25-14-3-1-2-13-24/h4,6-7,9-10,12,15-16,24H,1-3,5,8,11,13-14H2. The maximum absolute atomic E-state index is 13.5. The van der Waals surface area contributed by atoms with Crippen molar-refractivity contribution in [3.63, 3.8) is 0 Å². The van der Waals surface area contributed by atoms with E-state index in [0.717, 1.165) is 49.8 Å². The fraction of sp³-hybridized carbons (Fsp3) is 0.364. The smallest absolute Gasteiger partial charge is 0.123 e. The Morgan fingerprint density at radius 1 is 1.00 bits per heavy atom. The SMILES string of the molecule is OCCCCCOc1cccc2c1CCCC(c1cccc(F)c1)=C2. The number of aliphatic hydroxyl groups is 1. The van der Waals surface area contributed by atoms with Crippen LogP contribution in [0.25, 0.3) is 11.6 Å². The van der Waals surface area contributed by atoms with E-state index in [1.165, 1.54) is 22.8 Å². The molecular weight excluding hydrogens is 315 g/mol. The fourth-order valence-electron chi connectivity index (χ4n) is 3.32. The van der Waals surface area contributed by atoms with Crippen LogP contribution in [0.1, 0.15) is 48.8 Å². The summed E-state index contributed by atoms with van der Waals surface area (Å²) in [4.78, 5) is 0. The predicted octanol–water partition coefficient (Wildman–Crippen LogP) is 5.24. The Labute approximate surface area is 149 Å². The first-order valence-electron chi connectivity index (χ1n) is 9.10. The number of halogens is 1. The summed E-state index contributed by atoms with van der Waals surface area (Å²) >= 11 is 0. The molecule has 1 aliphatic rings. The summed E-state index contributed by atoms with van der Waals surface area (Å²) in [6.07, 6.45) is 7.88. The molecule has 0 atom stereocenters. The van der Waals surface area contributed by atoms with Crippen LogP contribution in [-0.4, -0.2) is 18.3 Å². The number of allylic oxidation sites excluding steroid dienone is 1. The van der Waals surface area contributed by atoms with Gasteiger partial charge >= 0.3 is 0 Å². The van der Waals surface area contributed by atoms with Gasteiger partial charge in [-0.3, -0.25) is 0 Å². The van der Waals surface area contributed by atoms with Gasteiger partial charge in [0.2, 0.25) is 0 Å². The largest absolute Gasteiger partial charge is 0.493 e. The minimum absolute atomic E-state index is 0.192. The molecule has 0 amide bonds. The highest BCUT2D eigenvalue weighted by Gasteiger charge is 2.14. The van der Waals surface area contributed by atoms with Gasteiger partial charge in [-0.1, -0.05) is 30.3 Å². The van der Waals surface area contributed by atoms with Crippen LogP contribution in [0.4, 0.5) is 4.39 Å². The van der Waals surface area contributed by atoms with E-state index in [1.54, 1.807) is 12.1 Å². The Hall–Kier alpha value is -2.13. The quantitative estimate of drug-likeness (QED) is 0.698. The molecule has 132 valence electrons. The van der Waals surface area contributed by atoms with Gasteiger partial charge in [0, 0.05) is 12.2 Å². The Kier molecular flexibility index (Phi) is 6.24. The summed E-state index contributed by atoms with van der Waals surface area (Å²) in [5, 5.41) is 8.84. The molecule has 0 fully saturated rings. The van der Waals surface area contributed by atoms with Gasteiger partial charge in [-0.05, 0) is 73.4 Å². The molecule has 0 spiro atoms. The second-order valence-electron chi connectivity index (χ2n) is 6.49. The van der Waals surface area contributed by atoms with Gasteiger partial charge in [0.1, 0.15) is 11.6 Å². The van der Waals surface area contributed by atoms with Gasteiger partial charge in [-0.25, -0.2) is 4.39 Å². The second kappa shape index (κ2) is 8.82. The van der Waals surface area contributed by atoms with E-state index < -0.39 is 0 Å². The molecule has 0 saturated heterocycles. The molecular formula is C22H25FO2. The first-order chi connectivity index (χ1) is 12.3. The van der Waals surface area contributed by atoms with Crippen LogP contribution in [0.2, 0.25) is 0 Å². The lowest BCUT2D eigenvalue weighted by Gasteiger charge is -2.13. The normalized spacial score (nSPS) is 13.8. The molecule has 3 heteroatoms. The van der Waals surface area contributed by atoms with Gasteiger partial charge in [-0.15, -0.1) is 0 Å². The molecule has 2 aromatic rings. The number of benzene rings is 2.